The molecule has 614 valence electrons. The maximum atomic E-state index is 14.0. The number of aromatic nitrogens is 10. The van der Waals surface area contributed by atoms with Gasteiger partial charge in [-0.05, 0) is 145 Å². The number of carbonyl (C=O) groups excluding carboxylic acids is 2. The Labute approximate surface area is 648 Å². The van der Waals surface area contributed by atoms with Crippen LogP contribution < -0.4 is 31.1 Å². The van der Waals surface area contributed by atoms with Crippen molar-refractivity contribution in [2.75, 3.05) is 34.3 Å². The molecule has 0 unspecified atom stereocenters. The molecule has 116 heavy (non-hydrogen) atoms. The van der Waals surface area contributed by atoms with Crippen LogP contribution in [0.1, 0.15) is 172 Å². The minimum Gasteiger partial charge on any atom is -0.477 e. The standard InChI is InChI=1S/C25H22F6N8O.C25H21F6N5O.C15H11F6N3O2.C10H12N2.CH4/c1-13-11-16(5-8-18(13)21-33-36-37-34-21)14(2)32-22(40)19-20(25(29,30)31)35-39-10-9-38(23(19)39)12-15-3-6-17(7-4-15)24(26,27)28;1-14-11-17(5-6-18(14)12-32)15(2)33-22(37)20-21(25(29,30)31)34-36-10-9-35(23(20)36)13-16-3-7-19(8-4-16)24(26,27)28;16-14(17,18)9-3-1-8(2-4-9)7-23-5-6-24-12(23)10(13(25)26)11(22-24)15(19,20)21;1-7-5-9(8(2)12)3-4-10(7)6-11;/h3-8,11,14H,9-10,12H2,1-2H3,(H,32,40)(H,33,34,36,37);3-8,11,15H,9-10,13H2,1-2H3,(H,33,37);1-4H,5-7H2,(H,25,26);3-5,8H,12H2,1-2H3;1H4/t14-;15-;;8-;/m00.0./s1. The van der Waals surface area contributed by atoms with Crippen molar-refractivity contribution in [3.63, 3.8) is 0 Å². The fraction of sp³-hybridized carbons (Fsp3) is 0.329. The minimum atomic E-state index is -4.93. The third kappa shape index (κ3) is 20.0. The first kappa shape index (κ1) is 87.5. The number of aryl methyl sites for hydroxylation is 3. The normalized spacial score (nSPS) is 14.0. The second-order valence-corrected chi connectivity index (χ2v) is 26.8. The van der Waals surface area contributed by atoms with Crippen molar-refractivity contribution >= 4 is 35.2 Å². The van der Waals surface area contributed by atoms with Crippen LogP contribution in [0.25, 0.3) is 11.4 Å². The molecule has 3 aliphatic rings. The first-order valence-electron chi connectivity index (χ1n) is 34.5. The Morgan fingerprint density at radius 3 is 1.08 bits per heavy atom. The smallest absolute Gasteiger partial charge is 0.436 e. The average Bonchev–Trinajstić information content (AvgIpc) is 1.61. The predicted octanol–water partition coefficient (Wildman–Crippen LogP) is 16.7. The lowest BCUT2D eigenvalue weighted by molar-refractivity contribution is -0.142. The fourth-order valence-electron chi connectivity index (χ4n) is 12.9. The Hall–Kier alpha value is -12.5. The fourth-order valence-corrected chi connectivity index (χ4v) is 12.9. The molecule has 22 nitrogen and oxygen atoms in total. The number of tetrazole rings is 1. The van der Waals surface area contributed by atoms with Crippen LogP contribution in [0, 0.1) is 43.4 Å². The number of benzene rings is 6. The highest BCUT2D eigenvalue weighted by atomic mass is 19.4. The molecule has 3 atom stereocenters. The number of aromatic carboxylic acids is 1. The lowest BCUT2D eigenvalue weighted by atomic mass is 10.0. The van der Waals surface area contributed by atoms with Crippen LogP contribution in [0.4, 0.5) is 96.5 Å². The SMILES string of the molecule is C.Cc1cc([C@H](C)N)ccc1C#N.Cc1cc([C@H](C)NC(=O)c2c(C(F)(F)F)nn3c2N(Cc2ccc(C(F)(F)F)cc2)CC3)ccc1-c1nn[nH]n1.Cc1cc([C@H](C)NC(=O)c2c(C(F)(F)F)nn3c2N(Cc2ccc(C(F)(F)F)cc2)CC3)ccc1C#N.O=C(O)c1c(C(F)(F)F)nn2c1N(Cc1ccc(C(F)(F)F)cc1)CC2. The van der Waals surface area contributed by atoms with Gasteiger partial charge in [-0.25, -0.2) is 18.8 Å². The molecule has 3 aliphatic heterocycles. The Morgan fingerprint density at radius 2 is 0.784 bits per heavy atom. The second-order valence-electron chi connectivity index (χ2n) is 26.8. The molecule has 4 aromatic heterocycles. The van der Waals surface area contributed by atoms with Gasteiger partial charge in [0.25, 0.3) is 11.8 Å². The van der Waals surface area contributed by atoms with E-state index in [1.54, 1.807) is 64.1 Å². The highest BCUT2D eigenvalue weighted by Crippen LogP contribution is 2.44. The number of H-pyrrole nitrogens is 1. The molecule has 6 aromatic carbocycles. The van der Waals surface area contributed by atoms with Crippen LogP contribution in [-0.2, 0) is 76.3 Å². The van der Waals surface area contributed by atoms with Crippen LogP contribution in [0.15, 0.2) is 127 Å². The number of nitriles is 2. The summed E-state index contributed by atoms with van der Waals surface area (Å²) in [7, 11) is 0. The van der Waals surface area contributed by atoms with Crippen molar-refractivity contribution in [2.45, 2.75) is 143 Å². The molecule has 0 saturated carbocycles. The van der Waals surface area contributed by atoms with Crippen molar-refractivity contribution in [3.05, 3.63) is 239 Å². The molecular weight excluding hydrogens is 1570 g/mol. The van der Waals surface area contributed by atoms with E-state index in [1.165, 1.54) is 51.1 Å². The van der Waals surface area contributed by atoms with Crippen molar-refractivity contribution < 1.29 is 98.5 Å². The molecule has 0 aliphatic carbocycles. The largest absolute Gasteiger partial charge is 0.477 e. The van der Waals surface area contributed by atoms with E-state index in [2.05, 4.69) is 52.6 Å². The Kier molecular flexibility index (Phi) is 25.9. The third-order valence-electron chi connectivity index (χ3n) is 18.7. The van der Waals surface area contributed by atoms with Crippen LogP contribution in [0.5, 0.6) is 0 Å². The van der Waals surface area contributed by atoms with E-state index in [0.29, 0.717) is 50.3 Å². The third-order valence-corrected chi connectivity index (χ3v) is 18.7. The van der Waals surface area contributed by atoms with Gasteiger partial charge in [-0.15, -0.1) is 10.2 Å². The summed E-state index contributed by atoms with van der Waals surface area (Å²) in [6.45, 7) is 11.4. The van der Waals surface area contributed by atoms with Crippen LogP contribution in [-0.4, -0.2) is 92.5 Å². The van der Waals surface area contributed by atoms with E-state index in [9.17, 15) is 98.5 Å². The van der Waals surface area contributed by atoms with Gasteiger partial charge >= 0.3 is 43.0 Å². The zero-order valence-electron chi connectivity index (χ0n) is 61.0. The van der Waals surface area contributed by atoms with Gasteiger partial charge < -0.3 is 36.2 Å². The summed E-state index contributed by atoms with van der Waals surface area (Å²) < 4.78 is 241. The van der Waals surface area contributed by atoms with Crippen molar-refractivity contribution in [1.82, 2.24) is 60.6 Å². The molecule has 0 fully saturated rings. The van der Waals surface area contributed by atoms with Crippen molar-refractivity contribution in [3.8, 4) is 23.5 Å². The molecule has 0 bridgehead atoms. The highest BCUT2D eigenvalue weighted by molar-refractivity contribution is 6.02. The van der Waals surface area contributed by atoms with Gasteiger partial charge in [-0.1, -0.05) is 86.3 Å². The summed E-state index contributed by atoms with van der Waals surface area (Å²) in [5, 5.41) is 56.6. The molecule has 13 rings (SSSR count). The Morgan fingerprint density at radius 1 is 0.466 bits per heavy atom. The highest BCUT2D eigenvalue weighted by Gasteiger charge is 2.48. The molecule has 6 N–H and O–H groups in total. The number of rotatable bonds is 15. The minimum absolute atomic E-state index is 0. The summed E-state index contributed by atoms with van der Waals surface area (Å²) in [5.74, 6) is -3.64. The predicted molar refractivity (Wildman–Crippen MR) is 383 cm³/mol. The molecule has 0 radical (unpaired) electrons. The number of anilines is 3. The van der Waals surface area contributed by atoms with Gasteiger partial charge in [0.2, 0.25) is 5.82 Å². The average molecular weight is 1640 g/mol. The number of alkyl halides is 18. The summed E-state index contributed by atoms with van der Waals surface area (Å²) >= 11 is 0. The molecule has 40 heteroatoms. The van der Waals surface area contributed by atoms with E-state index < -0.39 is 117 Å². The number of carboxylic acids is 1. The number of fused-ring (bicyclic) bond motifs is 3. The lowest BCUT2D eigenvalue weighted by Crippen LogP contribution is -2.31. The lowest BCUT2D eigenvalue weighted by Gasteiger charge is -2.21. The number of hydrogen-bond acceptors (Lipinski definition) is 15. The van der Waals surface area contributed by atoms with E-state index in [-0.39, 0.29) is 89.8 Å². The first-order chi connectivity index (χ1) is 53.7. The van der Waals surface area contributed by atoms with Gasteiger partial charge in [-0.3, -0.25) is 9.59 Å². The number of carboxylic acid groups (broad SMARTS) is 1. The first-order valence-corrected chi connectivity index (χ1v) is 34.5. The summed E-state index contributed by atoms with van der Waals surface area (Å²) in [6, 6.07) is 31.3. The van der Waals surface area contributed by atoms with Crippen LogP contribution in [0.2, 0.25) is 0 Å². The Balaban J connectivity index is 0.000000187. The van der Waals surface area contributed by atoms with E-state index in [4.69, 9.17) is 16.3 Å². The molecule has 0 spiro atoms. The molecular formula is C76H70F18N18O4. The Bertz CT molecular complexity index is 5280. The van der Waals surface area contributed by atoms with Gasteiger partial charge in [0.1, 0.15) is 34.1 Å². The van der Waals surface area contributed by atoms with Gasteiger partial charge in [-0.2, -0.15) is 110 Å². The number of amides is 2. The number of halogens is 18. The van der Waals surface area contributed by atoms with E-state index >= 15 is 0 Å². The van der Waals surface area contributed by atoms with E-state index in [1.807, 2.05) is 38.1 Å². The van der Waals surface area contributed by atoms with Crippen LogP contribution in [0.3, 0.4) is 0 Å². The zero-order chi connectivity index (χ0) is 84.4. The number of nitrogens with two attached hydrogens (primary N) is 1. The second kappa shape index (κ2) is 34.3. The monoisotopic (exact) mass is 1640 g/mol. The van der Waals surface area contributed by atoms with E-state index in [0.717, 1.165) is 72.7 Å². The van der Waals surface area contributed by atoms with Gasteiger partial charge in [0.05, 0.1) is 71.7 Å². The maximum absolute atomic E-state index is 14.0. The molecule has 2 amide bonds. The molecule has 0 saturated heterocycles. The summed E-state index contributed by atoms with van der Waals surface area (Å²) in [5.41, 5.74) is 4.65. The molecule has 7 heterocycles. The van der Waals surface area contributed by atoms with Crippen molar-refractivity contribution in [1.29, 1.82) is 10.5 Å². The van der Waals surface area contributed by atoms with Gasteiger partial charge in [0.15, 0.2) is 17.1 Å². The number of hydrogen-bond donors (Lipinski definition) is 5. The molecule has 10 aromatic rings. The van der Waals surface area contributed by atoms with Crippen LogP contribution >= 0.6 is 0 Å². The van der Waals surface area contributed by atoms with Gasteiger partial charge in [0, 0.05) is 50.9 Å². The topological polar surface area (TPSA) is 287 Å². The quantitative estimate of drug-likeness (QED) is 0.0596. The van der Waals surface area contributed by atoms with Crippen molar-refractivity contribution in [2.24, 2.45) is 5.73 Å². The summed E-state index contributed by atoms with van der Waals surface area (Å²) in [4.78, 5) is 42.3. The number of carbonyl (C=O) groups is 3. The number of aromatic amines is 1. The summed E-state index contributed by atoms with van der Waals surface area (Å²) in [6.07, 6.45) is -28.3. The maximum Gasteiger partial charge on any atom is 0.436 e. The number of nitrogens with one attached hydrogen (secondary N) is 3. The number of nitrogens with zero attached hydrogens (tertiary/aromatic N) is 14. The zero-order valence-corrected chi connectivity index (χ0v) is 61.0.